The molecule has 3 rings (SSSR count). The van der Waals surface area contributed by atoms with E-state index in [2.05, 4.69) is 25.6 Å². The molecule has 1 aliphatic rings. The first-order valence-corrected chi connectivity index (χ1v) is 9.59. The second-order valence-electron chi connectivity index (χ2n) is 6.26. The largest absolute Gasteiger partial charge is 0.434 e. The topological polar surface area (TPSA) is 65.4 Å². The molecule has 0 saturated carbocycles. The van der Waals surface area contributed by atoms with Crippen LogP contribution in [0.1, 0.15) is 17.1 Å². The number of nitrogens with zero attached hydrogens (tertiary/aromatic N) is 4. The van der Waals surface area contributed by atoms with Crippen molar-refractivity contribution in [3.8, 4) is 0 Å². The third kappa shape index (κ3) is 5.09. The van der Waals surface area contributed by atoms with Crippen LogP contribution >= 0.6 is 11.3 Å². The van der Waals surface area contributed by atoms with Crippen LogP contribution in [-0.4, -0.2) is 48.7 Å². The lowest BCUT2D eigenvalue weighted by Gasteiger charge is -2.19. The summed E-state index contributed by atoms with van der Waals surface area (Å²) in [5.74, 6) is 0.521. The molecule has 1 saturated heterocycles. The molecule has 0 radical (unpaired) electrons. The Bertz CT molecular complexity index is 822. The number of nitrogens with one attached hydrogen (secondary N) is 2. The van der Waals surface area contributed by atoms with Crippen molar-refractivity contribution in [3.05, 3.63) is 40.2 Å². The zero-order chi connectivity index (χ0) is 20.1. The summed E-state index contributed by atoms with van der Waals surface area (Å²) in [6.45, 7) is 1.65. The van der Waals surface area contributed by atoms with Crippen LogP contribution in [0.25, 0.3) is 0 Å². The summed E-state index contributed by atoms with van der Waals surface area (Å²) in [7, 11) is 1.62. The van der Waals surface area contributed by atoms with Gasteiger partial charge in [-0.1, -0.05) is 0 Å². The minimum atomic E-state index is -4.42. The lowest BCUT2D eigenvalue weighted by molar-refractivity contribution is -0.140. The lowest BCUT2D eigenvalue weighted by atomic mass is 10.3. The summed E-state index contributed by atoms with van der Waals surface area (Å²) in [6.07, 6.45) is -1.71. The number of aromatic nitrogens is 2. The van der Waals surface area contributed by atoms with Crippen LogP contribution in [0.4, 0.5) is 23.4 Å². The molecule has 11 heteroatoms. The van der Waals surface area contributed by atoms with Gasteiger partial charge in [0.25, 0.3) is 0 Å². The number of alkyl halides is 3. The van der Waals surface area contributed by atoms with Crippen molar-refractivity contribution in [1.82, 2.24) is 20.6 Å². The van der Waals surface area contributed by atoms with Gasteiger partial charge < -0.3 is 15.5 Å². The quantitative estimate of drug-likeness (QED) is 0.446. The molecule has 1 atom stereocenters. The number of pyridine rings is 1. The molecule has 0 bridgehead atoms. The highest BCUT2D eigenvalue weighted by molar-refractivity contribution is 7.09. The molecule has 1 aliphatic heterocycles. The number of anilines is 1. The summed E-state index contributed by atoms with van der Waals surface area (Å²) in [6, 6.07) is 2.99. The zero-order valence-electron chi connectivity index (χ0n) is 15.1. The number of halogens is 4. The van der Waals surface area contributed by atoms with Gasteiger partial charge in [0.1, 0.15) is 0 Å². The first kappa shape index (κ1) is 20.3. The Morgan fingerprint density at radius 3 is 2.93 bits per heavy atom. The van der Waals surface area contributed by atoms with Crippen molar-refractivity contribution in [3.63, 3.8) is 0 Å². The molecule has 0 spiro atoms. The van der Waals surface area contributed by atoms with Gasteiger partial charge in [-0.15, -0.1) is 11.3 Å². The SMILES string of the molecule is CN=C(NCCc1nc(C(F)(F)F)cs1)NC1CCN(c2ncccc2F)C1. The van der Waals surface area contributed by atoms with E-state index in [-0.39, 0.29) is 11.9 Å². The fourth-order valence-electron chi connectivity index (χ4n) is 2.91. The normalized spacial score (nSPS) is 17.8. The predicted molar refractivity (Wildman–Crippen MR) is 100 cm³/mol. The first-order valence-electron chi connectivity index (χ1n) is 8.71. The highest BCUT2D eigenvalue weighted by atomic mass is 32.1. The molecule has 2 aromatic heterocycles. The van der Waals surface area contributed by atoms with E-state index >= 15 is 0 Å². The van der Waals surface area contributed by atoms with Crippen LogP contribution in [0, 0.1) is 5.82 Å². The monoisotopic (exact) mass is 416 g/mol. The van der Waals surface area contributed by atoms with Crippen molar-refractivity contribution >= 4 is 23.1 Å². The van der Waals surface area contributed by atoms with E-state index in [0.29, 0.717) is 42.8 Å². The molecule has 0 amide bonds. The van der Waals surface area contributed by atoms with E-state index in [4.69, 9.17) is 0 Å². The molecule has 1 fully saturated rings. The van der Waals surface area contributed by atoms with E-state index in [9.17, 15) is 17.6 Å². The van der Waals surface area contributed by atoms with Crippen LogP contribution in [0.2, 0.25) is 0 Å². The van der Waals surface area contributed by atoms with E-state index in [1.54, 1.807) is 19.3 Å². The highest BCUT2D eigenvalue weighted by Crippen LogP contribution is 2.30. The average molecular weight is 416 g/mol. The van der Waals surface area contributed by atoms with E-state index in [1.807, 2.05) is 4.90 Å². The summed E-state index contributed by atoms with van der Waals surface area (Å²) in [4.78, 5) is 13.7. The second kappa shape index (κ2) is 8.72. The van der Waals surface area contributed by atoms with Crippen molar-refractivity contribution in [2.75, 3.05) is 31.6 Å². The minimum absolute atomic E-state index is 0.0595. The number of guanidine groups is 1. The summed E-state index contributed by atoms with van der Waals surface area (Å²) >= 11 is 0.987. The van der Waals surface area contributed by atoms with Crippen molar-refractivity contribution in [2.24, 2.45) is 4.99 Å². The Labute approximate surface area is 163 Å². The number of hydrogen-bond donors (Lipinski definition) is 2. The minimum Gasteiger partial charge on any atom is -0.356 e. The van der Waals surface area contributed by atoms with Gasteiger partial charge in [-0.05, 0) is 18.6 Å². The maximum absolute atomic E-state index is 13.9. The standard InChI is InChI=1S/C17H20F4N6S/c1-22-16(24-7-4-14-26-13(10-28-14)17(19,20)21)25-11-5-8-27(9-11)15-12(18)3-2-6-23-15/h2-3,6,10-11H,4-5,7-9H2,1H3,(H2,22,24,25). The maximum Gasteiger partial charge on any atom is 0.434 e. The average Bonchev–Trinajstić information content (AvgIpc) is 3.30. The Morgan fingerprint density at radius 2 is 2.25 bits per heavy atom. The lowest BCUT2D eigenvalue weighted by Crippen LogP contribution is -2.45. The van der Waals surface area contributed by atoms with Gasteiger partial charge in [-0.2, -0.15) is 13.2 Å². The smallest absolute Gasteiger partial charge is 0.356 e. The molecular weight excluding hydrogens is 396 g/mol. The Balaban J connectivity index is 1.46. The maximum atomic E-state index is 13.9. The van der Waals surface area contributed by atoms with Gasteiger partial charge >= 0.3 is 6.18 Å². The van der Waals surface area contributed by atoms with Gasteiger partial charge in [0, 0.05) is 50.7 Å². The Morgan fingerprint density at radius 1 is 1.43 bits per heavy atom. The highest BCUT2D eigenvalue weighted by Gasteiger charge is 2.33. The molecule has 28 heavy (non-hydrogen) atoms. The molecule has 3 heterocycles. The molecule has 0 aliphatic carbocycles. The molecule has 6 nitrogen and oxygen atoms in total. The van der Waals surface area contributed by atoms with Gasteiger partial charge in [-0.25, -0.2) is 14.4 Å². The van der Waals surface area contributed by atoms with Crippen molar-refractivity contribution in [2.45, 2.75) is 25.1 Å². The van der Waals surface area contributed by atoms with Crippen LogP contribution in [0.3, 0.4) is 0 Å². The summed E-state index contributed by atoms with van der Waals surface area (Å²) in [5.41, 5.74) is -0.859. The van der Waals surface area contributed by atoms with Crippen molar-refractivity contribution in [1.29, 1.82) is 0 Å². The number of thiazole rings is 1. The van der Waals surface area contributed by atoms with E-state index < -0.39 is 11.9 Å². The molecule has 2 aromatic rings. The summed E-state index contributed by atoms with van der Waals surface area (Å²) in [5, 5.41) is 7.76. The predicted octanol–water partition coefficient (Wildman–Crippen LogP) is 2.68. The number of hydrogen-bond acceptors (Lipinski definition) is 5. The van der Waals surface area contributed by atoms with Crippen molar-refractivity contribution < 1.29 is 17.6 Å². The zero-order valence-corrected chi connectivity index (χ0v) is 15.9. The molecule has 0 aromatic carbocycles. The van der Waals surface area contributed by atoms with Gasteiger partial charge in [0.05, 0.1) is 5.01 Å². The van der Waals surface area contributed by atoms with Crippen LogP contribution in [0.5, 0.6) is 0 Å². The van der Waals surface area contributed by atoms with Crippen LogP contribution in [-0.2, 0) is 12.6 Å². The Kier molecular flexibility index (Phi) is 6.32. The number of aliphatic imine (C=N–C) groups is 1. The van der Waals surface area contributed by atoms with Gasteiger partial charge in [0.15, 0.2) is 23.3 Å². The summed E-state index contributed by atoms with van der Waals surface area (Å²) < 4.78 is 51.6. The molecule has 1 unspecified atom stereocenters. The van der Waals surface area contributed by atoms with Gasteiger partial charge in [0.2, 0.25) is 0 Å². The van der Waals surface area contributed by atoms with Crippen LogP contribution in [0.15, 0.2) is 28.7 Å². The van der Waals surface area contributed by atoms with E-state index in [0.717, 1.165) is 23.1 Å². The van der Waals surface area contributed by atoms with E-state index in [1.165, 1.54) is 6.07 Å². The Hall–Kier alpha value is -2.43. The molecule has 2 N–H and O–H groups in total. The third-order valence-electron chi connectivity index (χ3n) is 4.26. The number of rotatable bonds is 5. The second-order valence-corrected chi connectivity index (χ2v) is 7.20. The fourth-order valence-corrected chi connectivity index (χ4v) is 3.72. The van der Waals surface area contributed by atoms with Crippen LogP contribution < -0.4 is 15.5 Å². The fraction of sp³-hybridized carbons (Fsp3) is 0.471. The molecular formula is C17H20F4N6S. The first-order chi connectivity index (χ1) is 13.4. The third-order valence-corrected chi connectivity index (χ3v) is 5.17. The molecule has 152 valence electrons. The van der Waals surface area contributed by atoms with Gasteiger partial charge in [-0.3, -0.25) is 4.99 Å².